The number of esters is 1. The van der Waals surface area contributed by atoms with E-state index in [-0.39, 0.29) is 11.9 Å². The summed E-state index contributed by atoms with van der Waals surface area (Å²) in [6.07, 6.45) is 5.50. The van der Waals surface area contributed by atoms with Crippen molar-refractivity contribution < 1.29 is 14.3 Å². The molecule has 1 atom stereocenters. The van der Waals surface area contributed by atoms with E-state index >= 15 is 0 Å². The highest BCUT2D eigenvalue weighted by Crippen LogP contribution is 2.52. The third-order valence-electron chi connectivity index (χ3n) is 6.75. The van der Waals surface area contributed by atoms with Gasteiger partial charge < -0.3 is 15.4 Å². The molecule has 8 heteroatoms. The fourth-order valence-electron chi connectivity index (χ4n) is 4.93. The standard InChI is InChI=1S/C23H20N4O3S/c24-21-26-18(12-31-21)14-1-3-15(4-2-14)22(6-7-22)20(29)27-10-8-23(13-27)17-5-9-25-11-16(17)19(28)30-23/h1-5,9,11-12H,6-8,10,13H2,(H2,24,26). The fourth-order valence-corrected chi connectivity index (χ4v) is 5.51. The summed E-state index contributed by atoms with van der Waals surface area (Å²) in [5, 5.41) is 2.48. The van der Waals surface area contributed by atoms with E-state index in [1.165, 1.54) is 11.3 Å². The number of aromatic nitrogens is 2. The number of nitrogens with two attached hydrogens (primary N) is 1. The van der Waals surface area contributed by atoms with Gasteiger partial charge in [-0.15, -0.1) is 11.3 Å². The van der Waals surface area contributed by atoms with Crippen molar-refractivity contribution in [2.45, 2.75) is 30.3 Å². The molecule has 1 saturated heterocycles. The molecule has 2 aliphatic heterocycles. The predicted octanol–water partition coefficient (Wildman–Crippen LogP) is 3.12. The van der Waals surface area contributed by atoms with Gasteiger partial charge in [0.2, 0.25) is 5.91 Å². The Labute approximate surface area is 182 Å². The zero-order valence-electron chi connectivity index (χ0n) is 16.7. The van der Waals surface area contributed by atoms with Crippen LogP contribution in [0.1, 0.15) is 40.7 Å². The first-order chi connectivity index (χ1) is 15.0. The number of pyridine rings is 1. The predicted molar refractivity (Wildman–Crippen MR) is 115 cm³/mol. The maximum Gasteiger partial charge on any atom is 0.341 e. The van der Waals surface area contributed by atoms with Gasteiger partial charge in [-0.1, -0.05) is 24.3 Å². The molecule has 1 aliphatic carbocycles. The Morgan fingerprint density at radius 3 is 2.68 bits per heavy atom. The van der Waals surface area contributed by atoms with Crippen LogP contribution in [0.3, 0.4) is 0 Å². The van der Waals surface area contributed by atoms with Gasteiger partial charge in [-0.25, -0.2) is 9.78 Å². The molecule has 4 heterocycles. The number of likely N-dealkylation sites (tertiary alicyclic amines) is 1. The van der Waals surface area contributed by atoms with Crippen molar-refractivity contribution in [2.24, 2.45) is 0 Å². The minimum Gasteiger partial charge on any atom is -0.449 e. The summed E-state index contributed by atoms with van der Waals surface area (Å²) in [5.74, 6) is -0.231. The van der Waals surface area contributed by atoms with E-state index < -0.39 is 11.0 Å². The van der Waals surface area contributed by atoms with Crippen LogP contribution in [0.25, 0.3) is 11.3 Å². The molecular formula is C23H20N4O3S. The summed E-state index contributed by atoms with van der Waals surface area (Å²) in [6.45, 7) is 0.971. The van der Waals surface area contributed by atoms with Crippen molar-refractivity contribution in [2.75, 3.05) is 18.8 Å². The van der Waals surface area contributed by atoms with Crippen LogP contribution in [0, 0.1) is 0 Å². The lowest BCUT2D eigenvalue weighted by Crippen LogP contribution is -2.40. The van der Waals surface area contributed by atoms with Crippen LogP contribution in [-0.2, 0) is 20.5 Å². The summed E-state index contributed by atoms with van der Waals surface area (Å²) >= 11 is 1.41. The third-order valence-corrected chi connectivity index (χ3v) is 7.43. The van der Waals surface area contributed by atoms with Gasteiger partial charge in [0, 0.05) is 41.9 Å². The molecule has 156 valence electrons. The van der Waals surface area contributed by atoms with Gasteiger partial charge in [0.05, 0.1) is 23.2 Å². The van der Waals surface area contributed by atoms with E-state index in [4.69, 9.17) is 10.5 Å². The van der Waals surface area contributed by atoms with E-state index in [9.17, 15) is 9.59 Å². The van der Waals surface area contributed by atoms with Crippen molar-refractivity contribution in [3.05, 3.63) is 64.8 Å². The number of ether oxygens (including phenoxy) is 1. The van der Waals surface area contributed by atoms with Crippen molar-refractivity contribution in [1.29, 1.82) is 0 Å². The highest BCUT2D eigenvalue weighted by atomic mass is 32.1. The molecule has 0 radical (unpaired) electrons. The van der Waals surface area contributed by atoms with Crippen LogP contribution in [0.15, 0.2) is 48.1 Å². The number of nitrogens with zero attached hydrogens (tertiary/aromatic N) is 3. The third kappa shape index (κ3) is 2.71. The fraction of sp³-hybridized carbons (Fsp3) is 0.304. The summed E-state index contributed by atoms with van der Waals surface area (Å²) in [6, 6.07) is 9.90. The van der Waals surface area contributed by atoms with E-state index in [2.05, 4.69) is 9.97 Å². The lowest BCUT2D eigenvalue weighted by Gasteiger charge is -2.27. The summed E-state index contributed by atoms with van der Waals surface area (Å²) in [5.41, 5.74) is 8.75. The monoisotopic (exact) mass is 432 g/mol. The van der Waals surface area contributed by atoms with Crippen molar-refractivity contribution >= 4 is 28.3 Å². The number of fused-ring (bicyclic) bond motifs is 2. The Hall–Kier alpha value is -3.26. The van der Waals surface area contributed by atoms with Gasteiger partial charge in [-0.2, -0.15) is 0 Å². The number of rotatable bonds is 3. The average Bonchev–Trinajstić information content (AvgIpc) is 3.17. The summed E-state index contributed by atoms with van der Waals surface area (Å²) in [7, 11) is 0. The quantitative estimate of drug-likeness (QED) is 0.639. The number of hydrogen-bond donors (Lipinski definition) is 1. The Balaban J connectivity index is 1.25. The van der Waals surface area contributed by atoms with Crippen LogP contribution in [0.2, 0.25) is 0 Å². The Morgan fingerprint density at radius 2 is 1.97 bits per heavy atom. The molecule has 1 spiro atoms. The second-order valence-corrected chi connectivity index (χ2v) is 9.40. The van der Waals surface area contributed by atoms with Gasteiger partial charge in [0.1, 0.15) is 0 Å². The Bertz CT molecular complexity index is 1220. The van der Waals surface area contributed by atoms with Crippen LogP contribution in [0.4, 0.5) is 5.13 Å². The summed E-state index contributed by atoms with van der Waals surface area (Å²) in [4.78, 5) is 36.1. The minimum atomic E-state index is -0.741. The van der Waals surface area contributed by atoms with Crippen LogP contribution >= 0.6 is 11.3 Å². The second-order valence-electron chi connectivity index (χ2n) is 8.51. The van der Waals surface area contributed by atoms with Gasteiger partial charge in [-0.3, -0.25) is 9.78 Å². The largest absolute Gasteiger partial charge is 0.449 e. The molecule has 1 aromatic carbocycles. The number of hydrogen-bond acceptors (Lipinski definition) is 7. The number of carbonyl (C=O) groups is 2. The molecule has 3 aliphatic rings. The van der Waals surface area contributed by atoms with Crippen LogP contribution in [-0.4, -0.2) is 39.8 Å². The molecule has 1 saturated carbocycles. The van der Waals surface area contributed by atoms with Gasteiger partial charge in [0.25, 0.3) is 0 Å². The molecule has 7 nitrogen and oxygen atoms in total. The van der Waals surface area contributed by atoms with Crippen molar-refractivity contribution in [3.8, 4) is 11.3 Å². The number of nitrogen functional groups attached to an aromatic ring is 1. The highest BCUT2D eigenvalue weighted by Gasteiger charge is 2.57. The molecule has 3 aromatic rings. The molecule has 31 heavy (non-hydrogen) atoms. The number of anilines is 1. The normalized spacial score (nSPS) is 23.1. The SMILES string of the molecule is Nc1nc(-c2ccc(C3(C(=O)N4CCC5(C4)OC(=O)c4cnccc45)CC3)cc2)cs1. The molecule has 1 amide bonds. The van der Waals surface area contributed by atoms with Crippen LogP contribution in [0.5, 0.6) is 0 Å². The smallest absolute Gasteiger partial charge is 0.341 e. The minimum absolute atomic E-state index is 0.119. The molecular weight excluding hydrogens is 412 g/mol. The molecule has 2 N–H and O–H groups in total. The number of amides is 1. The van der Waals surface area contributed by atoms with E-state index in [1.54, 1.807) is 12.4 Å². The molecule has 2 aromatic heterocycles. The first-order valence-corrected chi connectivity index (χ1v) is 11.2. The summed E-state index contributed by atoms with van der Waals surface area (Å²) < 4.78 is 5.78. The maximum atomic E-state index is 13.6. The zero-order chi connectivity index (χ0) is 21.2. The highest BCUT2D eigenvalue weighted by molar-refractivity contribution is 7.13. The average molecular weight is 433 g/mol. The first kappa shape index (κ1) is 18.5. The van der Waals surface area contributed by atoms with Gasteiger partial charge in [-0.05, 0) is 24.5 Å². The van der Waals surface area contributed by atoms with E-state index in [0.717, 1.165) is 35.2 Å². The number of thiazole rings is 1. The Kier molecular flexibility index (Phi) is 3.80. The zero-order valence-corrected chi connectivity index (χ0v) is 17.5. The van der Waals surface area contributed by atoms with E-state index in [1.807, 2.05) is 40.6 Å². The van der Waals surface area contributed by atoms with Gasteiger partial charge in [0.15, 0.2) is 10.7 Å². The topological polar surface area (TPSA) is 98.4 Å². The maximum absolute atomic E-state index is 13.6. The first-order valence-electron chi connectivity index (χ1n) is 10.3. The number of benzene rings is 1. The van der Waals surface area contributed by atoms with E-state index in [0.29, 0.717) is 30.2 Å². The molecule has 2 fully saturated rings. The number of carbonyl (C=O) groups excluding carboxylic acids is 2. The lowest BCUT2D eigenvalue weighted by atomic mass is 9.92. The molecule has 1 unspecified atom stereocenters. The molecule has 0 bridgehead atoms. The second kappa shape index (κ2) is 6.37. The van der Waals surface area contributed by atoms with Gasteiger partial charge >= 0.3 is 5.97 Å². The Morgan fingerprint density at radius 1 is 1.16 bits per heavy atom. The lowest BCUT2D eigenvalue weighted by molar-refractivity contribution is -0.134. The molecule has 6 rings (SSSR count). The van der Waals surface area contributed by atoms with Crippen molar-refractivity contribution in [1.82, 2.24) is 14.9 Å². The van der Waals surface area contributed by atoms with Crippen molar-refractivity contribution in [3.63, 3.8) is 0 Å². The van der Waals surface area contributed by atoms with Crippen LogP contribution < -0.4 is 5.73 Å².